The van der Waals surface area contributed by atoms with Gasteiger partial charge in [-0.3, -0.25) is 9.78 Å². The summed E-state index contributed by atoms with van der Waals surface area (Å²) < 4.78 is 11.1. The third kappa shape index (κ3) is 3.77. The van der Waals surface area contributed by atoms with Gasteiger partial charge in [-0.2, -0.15) is 5.26 Å². The zero-order valence-electron chi connectivity index (χ0n) is 18.1. The smallest absolute Gasteiger partial charge is 0.338 e. The Labute approximate surface area is 194 Å². The number of cyclic esters (lactones) is 1. The van der Waals surface area contributed by atoms with E-state index in [1.54, 1.807) is 17.2 Å². The molecule has 2 aliphatic rings. The molecule has 1 unspecified atom stereocenters. The Balaban J connectivity index is 1.35. The summed E-state index contributed by atoms with van der Waals surface area (Å²) in [6, 6.07) is 7.58. The molecule has 1 fully saturated rings. The van der Waals surface area contributed by atoms with Gasteiger partial charge in [-0.05, 0) is 42.7 Å². The fraction of sp³-hybridized carbons (Fsp3) is 0.292. The number of amides is 1. The molecule has 3 aromatic rings. The number of aromatic nitrogens is 2. The number of benzene rings is 1. The molecule has 0 radical (unpaired) electrons. The number of nitrogens with zero attached hydrogens (tertiary/aromatic N) is 4. The van der Waals surface area contributed by atoms with Crippen molar-refractivity contribution >= 4 is 23.2 Å². The quantitative estimate of drug-likeness (QED) is 0.550. The van der Waals surface area contributed by atoms with E-state index in [9.17, 15) is 9.59 Å². The van der Waals surface area contributed by atoms with E-state index in [0.717, 1.165) is 22.3 Å². The summed E-state index contributed by atoms with van der Waals surface area (Å²) in [7, 11) is 0. The van der Waals surface area contributed by atoms with Crippen molar-refractivity contribution in [3.63, 3.8) is 0 Å². The second-order valence-electron chi connectivity index (χ2n) is 8.02. The van der Waals surface area contributed by atoms with Gasteiger partial charge in [-0.1, -0.05) is 6.07 Å². The summed E-state index contributed by atoms with van der Waals surface area (Å²) in [6.45, 7) is 5.40. The van der Waals surface area contributed by atoms with E-state index < -0.39 is 0 Å². The SMILES string of the molecule is Cc1cc(-c2ncc(C(=O)N3CCOC(c4ccc5c(c4C)COC5=O)C3)s2)ncc1C#N. The van der Waals surface area contributed by atoms with Crippen molar-refractivity contribution in [2.24, 2.45) is 0 Å². The van der Waals surface area contributed by atoms with E-state index in [-0.39, 0.29) is 24.6 Å². The highest BCUT2D eigenvalue weighted by Crippen LogP contribution is 2.33. The number of carbonyl (C=O) groups is 2. The average Bonchev–Trinajstić information content (AvgIpc) is 3.47. The molecule has 2 aromatic heterocycles. The Kier molecular flexibility index (Phi) is 5.40. The van der Waals surface area contributed by atoms with E-state index in [2.05, 4.69) is 16.0 Å². The van der Waals surface area contributed by atoms with Crippen LogP contribution in [0.5, 0.6) is 0 Å². The van der Waals surface area contributed by atoms with Gasteiger partial charge in [0, 0.05) is 18.3 Å². The minimum absolute atomic E-state index is 0.102. The minimum Gasteiger partial charge on any atom is -0.457 e. The molecule has 0 bridgehead atoms. The molecule has 9 heteroatoms. The van der Waals surface area contributed by atoms with Crippen LogP contribution < -0.4 is 0 Å². The number of ether oxygens (including phenoxy) is 2. The van der Waals surface area contributed by atoms with Crippen molar-refractivity contribution in [1.82, 2.24) is 14.9 Å². The number of morpholine rings is 1. The third-order valence-corrected chi connectivity index (χ3v) is 7.08. The first kappa shape index (κ1) is 21.2. The summed E-state index contributed by atoms with van der Waals surface area (Å²) >= 11 is 1.28. The van der Waals surface area contributed by atoms with Crippen molar-refractivity contribution in [2.75, 3.05) is 19.7 Å². The first-order valence-corrected chi connectivity index (χ1v) is 11.3. The number of esters is 1. The maximum atomic E-state index is 13.2. The zero-order chi connectivity index (χ0) is 23.1. The molecular weight excluding hydrogens is 440 g/mol. The van der Waals surface area contributed by atoms with Crippen LogP contribution in [0.15, 0.2) is 30.6 Å². The predicted molar refractivity (Wildman–Crippen MR) is 120 cm³/mol. The Hall–Kier alpha value is -3.61. The van der Waals surface area contributed by atoms with E-state index in [1.807, 2.05) is 26.0 Å². The topological polar surface area (TPSA) is 105 Å². The second kappa shape index (κ2) is 8.39. The van der Waals surface area contributed by atoms with Gasteiger partial charge in [-0.25, -0.2) is 9.78 Å². The van der Waals surface area contributed by atoms with Crippen LogP contribution in [0, 0.1) is 25.2 Å². The lowest BCUT2D eigenvalue weighted by molar-refractivity contribution is -0.0229. The molecule has 8 nitrogen and oxygen atoms in total. The normalized spacial score (nSPS) is 17.4. The summed E-state index contributed by atoms with van der Waals surface area (Å²) in [5.74, 6) is -0.399. The van der Waals surface area contributed by atoms with Gasteiger partial charge in [0.05, 0.1) is 36.2 Å². The van der Waals surface area contributed by atoms with Crippen molar-refractivity contribution in [3.8, 4) is 16.8 Å². The monoisotopic (exact) mass is 460 g/mol. The molecule has 1 aromatic carbocycles. The molecule has 1 saturated heterocycles. The number of nitriles is 1. The molecule has 2 aliphatic heterocycles. The van der Waals surface area contributed by atoms with Gasteiger partial charge in [0.2, 0.25) is 0 Å². The Morgan fingerprint density at radius 2 is 2.12 bits per heavy atom. The lowest BCUT2D eigenvalue weighted by atomic mass is 9.94. The second-order valence-corrected chi connectivity index (χ2v) is 9.05. The first-order valence-electron chi connectivity index (χ1n) is 10.5. The highest BCUT2D eigenvalue weighted by atomic mass is 32.1. The molecule has 0 aliphatic carbocycles. The summed E-state index contributed by atoms with van der Waals surface area (Å²) in [5, 5.41) is 9.73. The maximum absolute atomic E-state index is 13.2. The van der Waals surface area contributed by atoms with Crippen molar-refractivity contribution in [1.29, 1.82) is 5.26 Å². The fourth-order valence-electron chi connectivity index (χ4n) is 4.18. The van der Waals surface area contributed by atoms with Crippen LogP contribution in [0.25, 0.3) is 10.7 Å². The van der Waals surface area contributed by atoms with E-state index in [1.165, 1.54) is 17.5 Å². The molecule has 166 valence electrons. The number of pyridine rings is 1. The number of carbonyl (C=O) groups excluding carboxylic acids is 2. The third-order valence-electron chi connectivity index (χ3n) is 6.08. The van der Waals surface area contributed by atoms with Crippen molar-refractivity contribution < 1.29 is 19.1 Å². The highest BCUT2D eigenvalue weighted by Gasteiger charge is 2.31. The lowest BCUT2D eigenvalue weighted by Crippen LogP contribution is -2.42. The van der Waals surface area contributed by atoms with Crippen LogP contribution >= 0.6 is 11.3 Å². The molecule has 0 N–H and O–H groups in total. The Morgan fingerprint density at radius 1 is 1.27 bits per heavy atom. The molecule has 1 amide bonds. The van der Waals surface area contributed by atoms with Crippen LogP contribution in [-0.4, -0.2) is 46.4 Å². The van der Waals surface area contributed by atoms with E-state index >= 15 is 0 Å². The molecular formula is C24H20N4O4S. The highest BCUT2D eigenvalue weighted by molar-refractivity contribution is 7.16. The number of aryl methyl sites for hydroxylation is 1. The van der Waals surface area contributed by atoms with Crippen molar-refractivity contribution in [2.45, 2.75) is 26.6 Å². The van der Waals surface area contributed by atoms with Crippen LogP contribution in [0.1, 0.15) is 54.0 Å². The number of fused-ring (bicyclic) bond motifs is 1. The molecule has 33 heavy (non-hydrogen) atoms. The van der Waals surface area contributed by atoms with E-state index in [0.29, 0.717) is 46.4 Å². The Morgan fingerprint density at radius 3 is 2.91 bits per heavy atom. The molecule has 5 rings (SSSR count). The molecule has 1 atom stereocenters. The van der Waals surface area contributed by atoms with Gasteiger partial charge in [0.1, 0.15) is 28.7 Å². The summed E-state index contributed by atoms with van der Waals surface area (Å²) in [6.07, 6.45) is 2.82. The summed E-state index contributed by atoms with van der Waals surface area (Å²) in [5.41, 5.74) is 5.40. The van der Waals surface area contributed by atoms with Gasteiger partial charge in [-0.15, -0.1) is 11.3 Å². The Bertz CT molecular complexity index is 1330. The average molecular weight is 461 g/mol. The number of hydrogen-bond donors (Lipinski definition) is 0. The minimum atomic E-state index is -0.297. The first-order chi connectivity index (χ1) is 16.0. The fourth-order valence-corrected chi connectivity index (χ4v) is 5.03. The zero-order valence-corrected chi connectivity index (χ0v) is 18.9. The van der Waals surface area contributed by atoms with Gasteiger partial charge in [0.15, 0.2) is 0 Å². The van der Waals surface area contributed by atoms with E-state index in [4.69, 9.17) is 14.7 Å². The molecule has 0 saturated carbocycles. The van der Waals surface area contributed by atoms with Gasteiger partial charge in [0.25, 0.3) is 5.91 Å². The van der Waals surface area contributed by atoms with Crippen LogP contribution in [0.2, 0.25) is 0 Å². The number of hydrogen-bond acceptors (Lipinski definition) is 8. The largest absolute Gasteiger partial charge is 0.457 e. The lowest BCUT2D eigenvalue weighted by Gasteiger charge is -2.33. The maximum Gasteiger partial charge on any atom is 0.338 e. The van der Waals surface area contributed by atoms with Crippen LogP contribution in [0.4, 0.5) is 0 Å². The molecule has 4 heterocycles. The number of thiazole rings is 1. The van der Waals surface area contributed by atoms with Crippen molar-refractivity contribution in [3.05, 3.63) is 68.9 Å². The van der Waals surface area contributed by atoms with Crippen LogP contribution in [-0.2, 0) is 16.1 Å². The van der Waals surface area contributed by atoms with Gasteiger partial charge >= 0.3 is 5.97 Å². The predicted octanol–water partition coefficient (Wildman–Crippen LogP) is 3.58. The standard InChI is InChI=1S/C24H20N4O4S/c1-13-7-19(26-9-15(13)8-25)22-27-10-21(33-22)23(29)28-5-6-31-20(11-28)16-3-4-17-18(14(16)2)12-32-24(17)30/h3-4,7,9-10,20H,5-6,11-12H2,1-2H3. The molecule has 0 spiro atoms. The summed E-state index contributed by atoms with van der Waals surface area (Å²) in [4.78, 5) is 36.0. The number of rotatable bonds is 3. The van der Waals surface area contributed by atoms with Gasteiger partial charge < -0.3 is 14.4 Å². The van der Waals surface area contributed by atoms with Crippen LogP contribution in [0.3, 0.4) is 0 Å².